The summed E-state index contributed by atoms with van der Waals surface area (Å²) in [7, 11) is 1.33. The Hall–Kier alpha value is -0.200. The summed E-state index contributed by atoms with van der Waals surface area (Å²) in [6.07, 6.45) is 1.44. The summed E-state index contributed by atoms with van der Waals surface area (Å²) < 4.78 is 0. The Balaban J connectivity index is 3.69. The summed E-state index contributed by atoms with van der Waals surface area (Å²) in [6.45, 7) is 3.86. The van der Waals surface area contributed by atoms with Crippen molar-refractivity contribution >= 4 is 0 Å². The van der Waals surface area contributed by atoms with Gasteiger partial charge in [0.2, 0.25) is 0 Å². The maximum absolute atomic E-state index is 10.4. The molecule has 0 rings (SSSR count). The molecule has 5 heteroatoms. The normalized spacial score (nSPS) is 15.0. The van der Waals surface area contributed by atoms with Crippen LogP contribution in [-0.4, -0.2) is 12.7 Å². The van der Waals surface area contributed by atoms with Crippen molar-refractivity contribution < 1.29 is 10.2 Å². The van der Waals surface area contributed by atoms with Crippen molar-refractivity contribution in [1.29, 1.82) is 0 Å². The largest absolute Gasteiger partial charge is 0.599 e. The van der Waals surface area contributed by atoms with Crippen LogP contribution >= 0.6 is 0 Å². The van der Waals surface area contributed by atoms with Crippen LogP contribution in [0.1, 0.15) is 26.7 Å². The fraction of sp³-hybridized carbons (Fsp3) is 1.00. The first-order valence-corrected chi connectivity index (χ1v) is 3.77. The second-order valence-corrected chi connectivity index (χ2v) is 2.56. The van der Waals surface area contributed by atoms with Crippen LogP contribution in [0.4, 0.5) is 0 Å². The molecule has 0 aliphatic heterocycles. The lowest BCUT2D eigenvalue weighted by molar-refractivity contribution is -1.05. The molecule has 0 amide bonds. The molecule has 0 aromatic heterocycles. The minimum Gasteiger partial charge on any atom is -0.599 e. The first-order valence-electron chi connectivity index (χ1n) is 3.77. The molecule has 1 atom stereocenters. The predicted octanol–water partition coefficient (Wildman–Crippen LogP) is -1.09. The van der Waals surface area contributed by atoms with Gasteiger partial charge in [-0.25, -0.2) is 5.23 Å². The van der Waals surface area contributed by atoms with E-state index in [4.69, 9.17) is 5.73 Å². The van der Waals surface area contributed by atoms with Crippen molar-refractivity contribution in [2.45, 2.75) is 32.4 Å². The molecule has 0 heterocycles. The zero-order chi connectivity index (χ0) is 8.91. The lowest BCUT2D eigenvalue weighted by atomic mass is 10.1. The smallest absolute Gasteiger partial charge is 0.0982 e. The molecule has 0 aromatic carbocycles. The van der Waals surface area contributed by atoms with Gasteiger partial charge in [-0.1, -0.05) is 13.8 Å². The molecular formula is C6H17N3O2. The molecule has 0 aromatic rings. The van der Waals surface area contributed by atoms with Crippen LogP contribution in [0, 0.1) is 5.21 Å². The maximum atomic E-state index is 10.4. The average Bonchev–Trinajstić information content (AvgIpc) is 2.00. The highest BCUT2D eigenvalue weighted by Gasteiger charge is 2.20. The molecule has 68 valence electrons. The van der Waals surface area contributed by atoms with Crippen LogP contribution < -0.4 is 16.4 Å². The maximum Gasteiger partial charge on any atom is 0.0982 e. The summed E-state index contributed by atoms with van der Waals surface area (Å²) in [5.74, 6) is 0. The Morgan fingerprint density at radius 2 is 2.00 bits per heavy atom. The van der Waals surface area contributed by atoms with Gasteiger partial charge in [0.15, 0.2) is 0 Å². The van der Waals surface area contributed by atoms with E-state index in [-0.39, 0.29) is 5.23 Å². The minimum absolute atomic E-state index is 0.373. The zero-order valence-corrected chi connectivity index (χ0v) is 7.31. The van der Waals surface area contributed by atoms with Crippen LogP contribution in [0.5, 0.6) is 0 Å². The Morgan fingerprint density at radius 1 is 1.55 bits per heavy atom. The lowest BCUT2D eigenvalue weighted by Crippen LogP contribution is -3.04. The number of hydroxylamine groups is 3. The zero-order valence-electron chi connectivity index (χ0n) is 7.31. The van der Waals surface area contributed by atoms with Crippen LogP contribution in [0.3, 0.4) is 0 Å². The molecule has 0 bridgehead atoms. The number of nitrogens with two attached hydrogens (primary N) is 1. The summed E-state index contributed by atoms with van der Waals surface area (Å²) >= 11 is 0. The Morgan fingerprint density at radius 3 is 2.27 bits per heavy atom. The Kier molecular flexibility index (Phi) is 4.55. The van der Waals surface area contributed by atoms with Gasteiger partial charge in [0.05, 0.1) is 12.7 Å². The van der Waals surface area contributed by atoms with Gasteiger partial charge in [-0.2, -0.15) is 0 Å². The van der Waals surface area contributed by atoms with Crippen molar-refractivity contribution in [3.8, 4) is 0 Å². The van der Waals surface area contributed by atoms with E-state index in [0.29, 0.717) is 0 Å². The number of hydrogen-bond donors (Lipinski definition) is 3. The van der Waals surface area contributed by atoms with Gasteiger partial charge in [0.25, 0.3) is 0 Å². The third-order valence-corrected chi connectivity index (χ3v) is 1.66. The van der Waals surface area contributed by atoms with Gasteiger partial charge >= 0.3 is 0 Å². The third-order valence-electron chi connectivity index (χ3n) is 1.66. The van der Waals surface area contributed by atoms with Crippen LogP contribution in [0.15, 0.2) is 0 Å². The van der Waals surface area contributed by atoms with Crippen molar-refractivity contribution in [2.75, 3.05) is 7.05 Å². The van der Waals surface area contributed by atoms with Crippen molar-refractivity contribution in [3.63, 3.8) is 0 Å². The highest BCUT2D eigenvalue weighted by Crippen LogP contribution is 2.04. The second kappa shape index (κ2) is 4.63. The summed E-state index contributed by atoms with van der Waals surface area (Å²) in [5.41, 5.74) is 7.70. The van der Waals surface area contributed by atoms with Gasteiger partial charge in [-0.05, 0) is 12.8 Å². The average molecular weight is 163 g/mol. The number of hydrogen-bond acceptors (Lipinski definition) is 4. The van der Waals surface area contributed by atoms with Crippen LogP contribution in [-0.2, 0) is 4.94 Å². The fourth-order valence-electron chi connectivity index (χ4n) is 0.568. The van der Waals surface area contributed by atoms with Crippen LogP contribution in [0.2, 0.25) is 0 Å². The Labute approximate surface area is 67.0 Å². The third kappa shape index (κ3) is 4.28. The second-order valence-electron chi connectivity index (χ2n) is 2.56. The molecule has 0 saturated heterocycles. The van der Waals surface area contributed by atoms with Gasteiger partial charge in [-0.15, -0.1) is 10.4 Å². The molecule has 0 spiro atoms. The summed E-state index contributed by atoms with van der Waals surface area (Å²) in [5, 5.41) is 10.0. The first-order chi connectivity index (χ1) is 5.04. The molecule has 0 aliphatic rings. The van der Waals surface area contributed by atoms with Gasteiger partial charge < -0.3 is 10.9 Å². The van der Waals surface area contributed by atoms with Crippen molar-refractivity contribution in [3.05, 3.63) is 5.21 Å². The van der Waals surface area contributed by atoms with E-state index in [2.05, 4.69) is 10.4 Å². The van der Waals surface area contributed by atoms with Crippen LogP contribution in [0.25, 0.3) is 0 Å². The number of rotatable bonds is 5. The quantitative estimate of drug-likeness (QED) is 0.355. The molecule has 11 heavy (non-hydrogen) atoms. The summed E-state index contributed by atoms with van der Waals surface area (Å²) in [6, 6.07) is 0. The van der Waals surface area contributed by atoms with Crippen molar-refractivity contribution in [1.82, 2.24) is 5.48 Å². The highest BCUT2D eigenvalue weighted by atomic mass is 17.0. The van der Waals surface area contributed by atoms with Gasteiger partial charge in [0.1, 0.15) is 0 Å². The monoisotopic (exact) mass is 163 g/mol. The van der Waals surface area contributed by atoms with E-state index in [1.54, 1.807) is 0 Å². The minimum atomic E-state index is -0.578. The standard InChI is InChI=1S/C6H17N3O2/c1-4-6(7,5-2)8-11-9(3)10/h8-9H,4-5,7H2,1-3H3. The molecule has 5 nitrogen and oxygen atoms in total. The summed E-state index contributed by atoms with van der Waals surface area (Å²) in [4.78, 5) is 4.57. The van der Waals surface area contributed by atoms with E-state index < -0.39 is 5.66 Å². The Bertz CT molecular complexity index is 104. The topological polar surface area (TPSA) is 74.8 Å². The van der Waals surface area contributed by atoms with E-state index in [1.807, 2.05) is 13.8 Å². The lowest BCUT2D eigenvalue weighted by Gasteiger charge is -2.28. The predicted molar refractivity (Wildman–Crippen MR) is 42.0 cm³/mol. The van der Waals surface area contributed by atoms with E-state index in [0.717, 1.165) is 12.8 Å². The first kappa shape index (κ1) is 10.8. The van der Waals surface area contributed by atoms with E-state index in [1.165, 1.54) is 7.05 Å². The molecule has 0 saturated carbocycles. The van der Waals surface area contributed by atoms with Gasteiger partial charge in [-0.3, -0.25) is 0 Å². The molecule has 0 fully saturated rings. The molecule has 4 N–H and O–H groups in total. The molecule has 0 aliphatic carbocycles. The molecular weight excluding hydrogens is 146 g/mol. The number of quaternary nitrogens is 1. The van der Waals surface area contributed by atoms with E-state index in [9.17, 15) is 5.21 Å². The molecule has 1 unspecified atom stereocenters. The van der Waals surface area contributed by atoms with E-state index >= 15 is 0 Å². The fourth-order valence-corrected chi connectivity index (χ4v) is 0.568. The number of nitrogens with one attached hydrogen (secondary N) is 2. The van der Waals surface area contributed by atoms with Crippen molar-refractivity contribution in [2.24, 2.45) is 5.73 Å². The van der Waals surface area contributed by atoms with Gasteiger partial charge in [0, 0.05) is 0 Å². The SMILES string of the molecule is CCC(N)(CC)NO[NH+](C)[O-]. The highest BCUT2D eigenvalue weighted by molar-refractivity contribution is 4.72. The molecule has 0 radical (unpaired) electrons.